The minimum Gasteiger partial charge on any atom is -0.388 e. The van der Waals surface area contributed by atoms with Crippen LogP contribution in [0, 0.1) is 12.8 Å². The fourth-order valence-electron chi connectivity index (χ4n) is 1.85. The molecule has 0 saturated heterocycles. The second-order valence-corrected chi connectivity index (χ2v) is 5.39. The van der Waals surface area contributed by atoms with E-state index in [9.17, 15) is 9.90 Å². The summed E-state index contributed by atoms with van der Waals surface area (Å²) in [4.78, 5) is 11.9. The van der Waals surface area contributed by atoms with E-state index < -0.39 is 5.60 Å². The monoisotopic (exact) mass is 283 g/mol. The SMILES string of the molecule is CCc1onc(C)c1NC(=O)NCC(C)(O)C(C)CC. The van der Waals surface area contributed by atoms with Crippen molar-refractivity contribution in [3.63, 3.8) is 0 Å². The van der Waals surface area contributed by atoms with Crippen molar-refractivity contribution in [1.82, 2.24) is 10.5 Å². The van der Waals surface area contributed by atoms with Crippen LogP contribution in [0.4, 0.5) is 10.5 Å². The molecule has 2 amide bonds. The lowest BCUT2D eigenvalue weighted by molar-refractivity contribution is 0.00827. The Bertz CT molecular complexity index is 455. The molecule has 114 valence electrons. The number of aliphatic hydroxyl groups is 1. The molecule has 0 aliphatic heterocycles. The Morgan fingerprint density at radius 1 is 1.50 bits per heavy atom. The van der Waals surface area contributed by atoms with E-state index in [2.05, 4.69) is 15.8 Å². The molecule has 3 N–H and O–H groups in total. The average Bonchev–Trinajstić information content (AvgIpc) is 2.76. The molecule has 0 aliphatic rings. The van der Waals surface area contributed by atoms with Gasteiger partial charge in [0.05, 0.1) is 5.60 Å². The Morgan fingerprint density at radius 2 is 2.15 bits per heavy atom. The van der Waals surface area contributed by atoms with Crippen molar-refractivity contribution in [2.45, 2.75) is 53.1 Å². The molecule has 0 fully saturated rings. The van der Waals surface area contributed by atoms with E-state index in [0.29, 0.717) is 23.6 Å². The van der Waals surface area contributed by atoms with Gasteiger partial charge in [0.25, 0.3) is 0 Å². The van der Waals surface area contributed by atoms with Gasteiger partial charge in [-0.15, -0.1) is 0 Å². The molecule has 0 radical (unpaired) electrons. The van der Waals surface area contributed by atoms with E-state index in [0.717, 1.165) is 6.42 Å². The first kappa shape index (κ1) is 16.5. The maximum atomic E-state index is 11.9. The van der Waals surface area contributed by atoms with Crippen molar-refractivity contribution in [3.05, 3.63) is 11.5 Å². The molecule has 1 rings (SSSR count). The van der Waals surface area contributed by atoms with E-state index in [1.54, 1.807) is 13.8 Å². The highest BCUT2D eigenvalue weighted by Gasteiger charge is 2.27. The van der Waals surface area contributed by atoms with Crippen molar-refractivity contribution in [2.24, 2.45) is 5.92 Å². The molecule has 6 heteroatoms. The van der Waals surface area contributed by atoms with Gasteiger partial charge in [-0.05, 0) is 19.8 Å². The van der Waals surface area contributed by atoms with Crippen LogP contribution < -0.4 is 10.6 Å². The zero-order valence-electron chi connectivity index (χ0n) is 12.9. The van der Waals surface area contributed by atoms with Crippen molar-refractivity contribution >= 4 is 11.7 Å². The second kappa shape index (κ2) is 6.74. The molecule has 2 unspecified atom stereocenters. The summed E-state index contributed by atoms with van der Waals surface area (Å²) in [5, 5.41) is 19.5. The van der Waals surface area contributed by atoms with Gasteiger partial charge in [0.1, 0.15) is 11.4 Å². The van der Waals surface area contributed by atoms with Gasteiger partial charge >= 0.3 is 6.03 Å². The van der Waals surface area contributed by atoms with Gasteiger partial charge in [0.2, 0.25) is 0 Å². The summed E-state index contributed by atoms with van der Waals surface area (Å²) in [6.07, 6.45) is 1.50. The minimum atomic E-state index is -0.927. The molecule has 2 atom stereocenters. The number of hydrogen-bond acceptors (Lipinski definition) is 4. The highest BCUT2D eigenvalue weighted by atomic mass is 16.5. The van der Waals surface area contributed by atoms with Crippen LogP contribution in [0.25, 0.3) is 0 Å². The van der Waals surface area contributed by atoms with Crippen molar-refractivity contribution < 1.29 is 14.4 Å². The van der Waals surface area contributed by atoms with E-state index in [1.807, 2.05) is 20.8 Å². The molecular weight excluding hydrogens is 258 g/mol. The number of amides is 2. The summed E-state index contributed by atoms with van der Waals surface area (Å²) >= 11 is 0. The quantitative estimate of drug-likeness (QED) is 0.748. The van der Waals surface area contributed by atoms with Crippen LogP contribution in [0.3, 0.4) is 0 Å². The number of carbonyl (C=O) groups excluding carboxylic acids is 1. The van der Waals surface area contributed by atoms with Crippen molar-refractivity contribution in [1.29, 1.82) is 0 Å². The first-order chi connectivity index (χ1) is 9.31. The Hall–Kier alpha value is -1.56. The first-order valence-electron chi connectivity index (χ1n) is 7.04. The van der Waals surface area contributed by atoms with E-state index in [4.69, 9.17) is 4.52 Å². The lowest BCUT2D eigenvalue weighted by atomic mass is 9.89. The van der Waals surface area contributed by atoms with Gasteiger partial charge in [-0.3, -0.25) is 0 Å². The van der Waals surface area contributed by atoms with E-state index in [1.165, 1.54) is 0 Å². The van der Waals surface area contributed by atoms with Gasteiger partial charge < -0.3 is 20.3 Å². The fraction of sp³-hybridized carbons (Fsp3) is 0.714. The smallest absolute Gasteiger partial charge is 0.319 e. The van der Waals surface area contributed by atoms with Crippen molar-refractivity contribution in [3.8, 4) is 0 Å². The summed E-state index contributed by atoms with van der Waals surface area (Å²) in [6, 6.07) is -0.366. The summed E-state index contributed by atoms with van der Waals surface area (Å²) in [5.74, 6) is 0.748. The average molecular weight is 283 g/mol. The van der Waals surface area contributed by atoms with Crippen LogP contribution in [0.2, 0.25) is 0 Å². The molecule has 0 aliphatic carbocycles. The Balaban J connectivity index is 2.58. The predicted molar refractivity (Wildman–Crippen MR) is 77.7 cm³/mol. The molecule has 0 bridgehead atoms. The van der Waals surface area contributed by atoms with Crippen LogP contribution in [-0.2, 0) is 6.42 Å². The number of rotatable bonds is 6. The van der Waals surface area contributed by atoms with E-state index in [-0.39, 0.29) is 18.5 Å². The number of nitrogens with one attached hydrogen (secondary N) is 2. The zero-order chi connectivity index (χ0) is 15.3. The Kier molecular flexibility index (Phi) is 5.56. The van der Waals surface area contributed by atoms with Crippen LogP contribution >= 0.6 is 0 Å². The molecule has 1 heterocycles. The number of urea groups is 1. The van der Waals surface area contributed by atoms with Gasteiger partial charge in [-0.25, -0.2) is 4.79 Å². The maximum absolute atomic E-state index is 11.9. The number of aromatic nitrogens is 1. The summed E-state index contributed by atoms with van der Waals surface area (Å²) in [5.41, 5.74) is 0.322. The third kappa shape index (κ3) is 3.96. The highest BCUT2D eigenvalue weighted by molar-refractivity contribution is 5.90. The number of carbonyl (C=O) groups is 1. The number of nitrogens with zero attached hydrogens (tertiary/aromatic N) is 1. The number of hydrogen-bond donors (Lipinski definition) is 3. The molecule has 6 nitrogen and oxygen atoms in total. The standard InChI is InChI=1S/C14H25N3O3/c1-6-9(3)14(5,19)8-15-13(18)16-12-10(4)17-20-11(12)7-2/h9,19H,6-8H2,1-5H3,(H2,15,16,18). The fourth-order valence-corrected chi connectivity index (χ4v) is 1.85. The Morgan fingerprint density at radius 3 is 2.70 bits per heavy atom. The molecule has 1 aromatic rings. The predicted octanol–water partition coefficient (Wildman–Crippen LogP) is 2.46. The molecule has 0 aromatic carbocycles. The van der Waals surface area contributed by atoms with Crippen LogP contribution in [0.5, 0.6) is 0 Å². The topological polar surface area (TPSA) is 87.4 Å². The van der Waals surface area contributed by atoms with E-state index >= 15 is 0 Å². The maximum Gasteiger partial charge on any atom is 0.319 e. The first-order valence-corrected chi connectivity index (χ1v) is 7.04. The normalized spacial score (nSPS) is 15.5. The molecular formula is C14H25N3O3. The van der Waals surface area contributed by atoms with Gasteiger partial charge in [0.15, 0.2) is 5.76 Å². The zero-order valence-corrected chi connectivity index (χ0v) is 12.9. The summed E-state index contributed by atoms with van der Waals surface area (Å²) < 4.78 is 5.10. The lowest BCUT2D eigenvalue weighted by Gasteiger charge is -2.29. The number of anilines is 1. The van der Waals surface area contributed by atoms with Crippen LogP contribution in [0.15, 0.2) is 4.52 Å². The molecule has 0 spiro atoms. The molecule has 1 aromatic heterocycles. The highest BCUT2D eigenvalue weighted by Crippen LogP contribution is 2.21. The van der Waals surface area contributed by atoms with Crippen molar-refractivity contribution in [2.75, 3.05) is 11.9 Å². The lowest BCUT2D eigenvalue weighted by Crippen LogP contribution is -2.46. The van der Waals surface area contributed by atoms with Gasteiger partial charge in [0, 0.05) is 13.0 Å². The van der Waals surface area contributed by atoms with Gasteiger partial charge in [-0.2, -0.15) is 0 Å². The molecule has 0 saturated carbocycles. The largest absolute Gasteiger partial charge is 0.388 e. The van der Waals surface area contributed by atoms with Crippen LogP contribution in [-0.4, -0.2) is 28.4 Å². The Labute approximate surface area is 119 Å². The third-order valence-electron chi connectivity index (χ3n) is 3.77. The number of aryl methyl sites for hydroxylation is 2. The minimum absolute atomic E-state index is 0.103. The van der Waals surface area contributed by atoms with Gasteiger partial charge in [-0.1, -0.05) is 32.3 Å². The third-order valence-corrected chi connectivity index (χ3v) is 3.77. The summed E-state index contributed by atoms with van der Waals surface area (Å²) in [7, 11) is 0. The summed E-state index contributed by atoms with van der Waals surface area (Å²) in [6.45, 7) is 9.58. The molecule has 20 heavy (non-hydrogen) atoms. The second-order valence-electron chi connectivity index (χ2n) is 5.39. The van der Waals surface area contributed by atoms with Crippen LogP contribution in [0.1, 0.15) is 45.6 Å².